The minimum atomic E-state index is -3.69. The van der Waals surface area contributed by atoms with E-state index in [4.69, 9.17) is 11.5 Å². The molecule has 5 N–H and O–H groups in total. The highest BCUT2D eigenvalue weighted by Crippen LogP contribution is 2.16. The lowest BCUT2D eigenvalue weighted by Gasteiger charge is -2.09. The Morgan fingerprint density at radius 2 is 2.10 bits per heavy atom. The van der Waals surface area contributed by atoms with Gasteiger partial charge in [-0.2, -0.15) is 0 Å². The van der Waals surface area contributed by atoms with Crippen molar-refractivity contribution >= 4 is 15.9 Å². The topological polar surface area (TPSA) is 115 Å². The van der Waals surface area contributed by atoms with E-state index in [2.05, 4.69) is 16.6 Å². The van der Waals surface area contributed by atoms with Crippen molar-refractivity contribution < 1.29 is 13.2 Å². The molecule has 0 unspecified atom stereocenters. The zero-order valence-electron chi connectivity index (χ0n) is 11.1. The number of rotatable bonds is 5. The van der Waals surface area contributed by atoms with Gasteiger partial charge in [-0.3, -0.25) is 4.79 Å². The van der Waals surface area contributed by atoms with Crippen molar-refractivity contribution in [1.82, 2.24) is 4.72 Å². The van der Waals surface area contributed by atoms with Crippen LogP contribution < -0.4 is 16.2 Å². The summed E-state index contributed by atoms with van der Waals surface area (Å²) in [6, 6.07) is 4.87. The summed E-state index contributed by atoms with van der Waals surface area (Å²) < 4.78 is 26.6. The van der Waals surface area contributed by atoms with Crippen LogP contribution in [0.2, 0.25) is 0 Å². The van der Waals surface area contributed by atoms with Gasteiger partial charge in [0.05, 0.1) is 11.4 Å². The van der Waals surface area contributed by atoms with Crippen LogP contribution in [0, 0.1) is 18.8 Å². The summed E-state index contributed by atoms with van der Waals surface area (Å²) in [5, 5.41) is 0. The molecule has 0 bridgehead atoms. The lowest BCUT2D eigenvalue weighted by atomic mass is 10.1. The number of amides is 1. The van der Waals surface area contributed by atoms with E-state index in [9.17, 15) is 13.2 Å². The smallest absolute Gasteiger partial charge is 0.240 e. The standard InChI is InChI=1S/C13H17N3O3S/c1-10-4-5-11(3-2-7-14)9-12(10)20(18,19)16-8-6-13(15)17/h4-5,9,16H,6-8,14H2,1H3,(H2,15,17). The Kier molecular flexibility index (Phi) is 5.70. The average Bonchev–Trinajstić information content (AvgIpc) is 2.36. The Hall–Kier alpha value is -1.88. The molecule has 1 aromatic rings. The Morgan fingerprint density at radius 3 is 2.70 bits per heavy atom. The van der Waals surface area contributed by atoms with E-state index in [1.807, 2.05) is 0 Å². The van der Waals surface area contributed by atoms with E-state index in [1.165, 1.54) is 6.07 Å². The van der Waals surface area contributed by atoms with E-state index in [-0.39, 0.29) is 24.4 Å². The molecular weight excluding hydrogens is 278 g/mol. The molecule has 0 aliphatic heterocycles. The van der Waals surface area contributed by atoms with E-state index in [1.54, 1.807) is 19.1 Å². The molecule has 0 aliphatic carbocycles. The van der Waals surface area contributed by atoms with Gasteiger partial charge >= 0.3 is 0 Å². The van der Waals surface area contributed by atoms with E-state index in [0.29, 0.717) is 11.1 Å². The summed E-state index contributed by atoms with van der Waals surface area (Å²) in [5.74, 6) is 4.88. The van der Waals surface area contributed by atoms with Crippen molar-refractivity contribution in [3.63, 3.8) is 0 Å². The quantitative estimate of drug-likeness (QED) is 0.633. The Labute approximate surface area is 118 Å². The summed E-state index contributed by atoms with van der Waals surface area (Å²) >= 11 is 0. The van der Waals surface area contributed by atoms with Gasteiger partial charge in [0.1, 0.15) is 0 Å². The van der Waals surface area contributed by atoms with Crippen molar-refractivity contribution in [2.24, 2.45) is 11.5 Å². The fraction of sp³-hybridized carbons (Fsp3) is 0.308. The van der Waals surface area contributed by atoms with Crippen LogP contribution >= 0.6 is 0 Å². The number of nitrogens with two attached hydrogens (primary N) is 2. The van der Waals surface area contributed by atoms with Crippen molar-refractivity contribution in [1.29, 1.82) is 0 Å². The molecule has 20 heavy (non-hydrogen) atoms. The molecule has 0 aromatic heterocycles. The van der Waals surface area contributed by atoms with Gasteiger partial charge in [0.15, 0.2) is 0 Å². The number of sulfonamides is 1. The third-order valence-electron chi connectivity index (χ3n) is 2.48. The summed E-state index contributed by atoms with van der Waals surface area (Å²) in [7, 11) is -3.69. The van der Waals surface area contributed by atoms with Gasteiger partial charge < -0.3 is 11.5 Å². The predicted octanol–water partition coefficient (Wildman–Crippen LogP) is -0.541. The van der Waals surface area contributed by atoms with E-state index in [0.717, 1.165) is 0 Å². The second kappa shape index (κ2) is 7.05. The lowest BCUT2D eigenvalue weighted by molar-refractivity contribution is -0.117. The first-order valence-electron chi connectivity index (χ1n) is 5.94. The highest BCUT2D eigenvalue weighted by molar-refractivity contribution is 7.89. The van der Waals surface area contributed by atoms with Gasteiger partial charge in [0, 0.05) is 18.5 Å². The molecule has 7 heteroatoms. The highest BCUT2D eigenvalue weighted by atomic mass is 32.2. The number of hydrogen-bond acceptors (Lipinski definition) is 4. The van der Waals surface area contributed by atoms with Gasteiger partial charge in [0.25, 0.3) is 0 Å². The summed E-state index contributed by atoms with van der Waals surface area (Å²) in [5.41, 5.74) is 11.4. The third kappa shape index (κ3) is 4.66. The van der Waals surface area contributed by atoms with Crippen molar-refractivity contribution in [2.75, 3.05) is 13.1 Å². The third-order valence-corrected chi connectivity index (χ3v) is 4.08. The predicted molar refractivity (Wildman–Crippen MR) is 76.1 cm³/mol. The maximum atomic E-state index is 12.1. The molecule has 0 radical (unpaired) electrons. The normalized spacial score (nSPS) is 10.7. The van der Waals surface area contributed by atoms with Gasteiger partial charge in [-0.15, -0.1) is 0 Å². The summed E-state index contributed by atoms with van der Waals surface area (Å²) in [4.78, 5) is 10.7. The number of primary amides is 1. The van der Waals surface area contributed by atoms with E-state index < -0.39 is 15.9 Å². The molecule has 0 saturated heterocycles. The largest absolute Gasteiger partial charge is 0.370 e. The van der Waals surface area contributed by atoms with Gasteiger partial charge in [-0.1, -0.05) is 17.9 Å². The van der Waals surface area contributed by atoms with Crippen LogP contribution in [0.25, 0.3) is 0 Å². The fourth-order valence-corrected chi connectivity index (χ4v) is 2.81. The van der Waals surface area contributed by atoms with Gasteiger partial charge in [-0.05, 0) is 24.6 Å². The van der Waals surface area contributed by atoms with Gasteiger partial charge in [-0.25, -0.2) is 13.1 Å². The Bertz CT molecular complexity index is 657. The first-order chi connectivity index (χ1) is 9.36. The van der Waals surface area contributed by atoms with Crippen LogP contribution in [0.5, 0.6) is 0 Å². The number of carbonyl (C=O) groups is 1. The van der Waals surface area contributed by atoms with Gasteiger partial charge in [0.2, 0.25) is 15.9 Å². The van der Waals surface area contributed by atoms with Crippen LogP contribution in [0.15, 0.2) is 23.1 Å². The first-order valence-corrected chi connectivity index (χ1v) is 7.42. The van der Waals surface area contributed by atoms with Crippen LogP contribution in [-0.2, 0) is 14.8 Å². The number of benzene rings is 1. The van der Waals surface area contributed by atoms with Crippen LogP contribution in [0.3, 0.4) is 0 Å². The molecule has 1 amide bonds. The molecule has 0 spiro atoms. The second-order valence-corrected chi connectivity index (χ2v) is 5.84. The zero-order valence-corrected chi connectivity index (χ0v) is 12.0. The Morgan fingerprint density at radius 1 is 1.40 bits per heavy atom. The molecule has 0 heterocycles. The molecule has 0 aliphatic rings. The number of nitrogens with one attached hydrogen (secondary N) is 1. The van der Waals surface area contributed by atoms with Crippen LogP contribution in [-0.4, -0.2) is 27.4 Å². The van der Waals surface area contributed by atoms with E-state index >= 15 is 0 Å². The minimum Gasteiger partial charge on any atom is -0.370 e. The molecule has 0 fully saturated rings. The van der Waals surface area contributed by atoms with Crippen molar-refractivity contribution in [2.45, 2.75) is 18.2 Å². The molecule has 6 nitrogen and oxygen atoms in total. The first kappa shape index (κ1) is 16.2. The van der Waals surface area contributed by atoms with Crippen LogP contribution in [0.4, 0.5) is 0 Å². The summed E-state index contributed by atoms with van der Waals surface area (Å²) in [6.45, 7) is 1.85. The monoisotopic (exact) mass is 295 g/mol. The fourth-order valence-electron chi connectivity index (χ4n) is 1.51. The Balaban J connectivity index is 3.01. The molecule has 1 aromatic carbocycles. The summed E-state index contributed by atoms with van der Waals surface area (Å²) in [6.07, 6.45) is -0.0506. The molecule has 0 saturated carbocycles. The van der Waals surface area contributed by atoms with Crippen molar-refractivity contribution in [3.8, 4) is 11.8 Å². The maximum absolute atomic E-state index is 12.1. The van der Waals surface area contributed by atoms with Crippen molar-refractivity contribution in [3.05, 3.63) is 29.3 Å². The number of aryl methyl sites for hydroxylation is 1. The lowest BCUT2D eigenvalue weighted by Crippen LogP contribution is -2.28. The zero-order chi connectivity index (χ0) is 15.2. The minimum absolute atomic E-state index is 0.0319. The number of carbonyl (C=O) groups excluding carboxylic acids is 1. The maximum Gasteiger partial charge on any atom is 0.240 e. The SMILES string of the molecule is Cc1ccc(C#CCN)cc1S(=O)(=O)NCCC(N)=O. The number of hydrogen-bond donors (Lipinski definition) is 3. The molecule has 108 valence electrons. The molecule has 1 rings (SSSR count). The van der Waals surface area contributed by atoms with Crippen LogP contribution in [0.1, 0.15) is 17.5 Å². The highest BCUT2D eigenvalue weighted by Gasteiger charge is 2.16. The molecule has 0 atom stereocenters. The average molecular weight is 295 g/mol. The second-order valence-electron chi connectivity index (χ2n) is 4.10. The molecular formula is C13H17N3O3S.